The van der Waals surface area contributed by atoms with Crippen LogP contribution >= 0.6 is 0 Å². The fraction of sp³-hybridized carbons (Fsp3) is 0.167. The molecule has 5 heteroatoms. The molecule has 0 atom stereocenters. The van der Waals surface area contributed by atoms with Gasteiger partial charge in [-0.05, 0) is 19.1 Å². The zero-order valence-electron chi connectivity index (χ0n) is 12.8. The van der Waals surface area contributed by atoms with E-state index in [4.69, 9.17) is 4.74 Å². The maximum absolute atomic E-state index is 12.5. The van der Waals surface area contributed by atoms with Crippen LogP contribution in [0.1, 0.15) is 23.0 Å². The molecule has 1 aromatic carbocycles. The van der Waals surface area contributed by atoms with Gasteiger partial charge in [-0.3, -0.25) is 4.79 Å². The van der Waals surface area contributed by atoms with Gasteiger partial charge in [0.25, 0.3) is 0 Å². The molecule has 5 nitrogen and oxygen atoms in total. The smallest absolute Gasteiger partial charge is 0.372 e. The van der Waals surface area contributed by atoms with E-state index < -0.39 is 0 Å². The summed E-state index contributed by atoms with van der Waals surface area (Å²) >= 11 is 0. The van der Waals surface area contributed by atoms with Gasteiger partial charge < -0.3 is 9.72 Å². The van der Waals surface area contributed by atoms with Gasteiger partial charge in [-0.1, -0.05) is 18.2 Å². The summed E-state index contributed by atoms with van der Waals surface area (Å²) in [6.45, 7) is 2.26. The van der Waals surface area contributed by atoms with Crippen LogP contribution in [0.3, 0.4) is 0 Å². The fourth-order valence-corrected chi connectivity index (χ4v) is 2.42. The maximum atomic E-state index is 12.5. The third-order valence-corrected chi connectivity index (χ3v) is 3.54. The Morgan fingerprint density at radius 2 is 1.87 bits per heavy atom. The number of carbonyl (C=O) groups excluding carboxylic acids is 2. The average molecular weight is 309 g/mol. The molecular weight excluding hydrogens is 292 g/mol. The number of fused-ring (bicyclic) bond motifs is 1. The number of hydrogen-bond donors (Lipinski definition) is 1. The van der Waals surface area contributed by atoms with Gasteiger partial charge in [-0.15, -0.1) is 0 Å². The van der Waals surface area contributed by atoms with E-state index >= 15 is 0 Å². The molecule has 0 amide bonds. The van der Waals surface area contributed by atoms with Crippen molar-refractivity contribution in [3.63, 3.8) is 0 Å². The van der Waals surface area contributed by atoms with Crippen molar-refractivity contribution in [2.24, 2.45) is 0 Å². The van der Waals surface area contributed by atoms with Crippen molar-refractivity contribution in [3.8, 4) is 0 Å². The Labute approximate surface area is 133 Å². The van der Waals surface area contributed by atoms with Gasteiger partial charge in [0.15, 0.2) is 12.4 Å². The molecule has 0 fully saturated rings. The van der Waals surface area contributed by atoms with Crippen LogP contribution < -0.4 is 4.57 Å². The van der Waals surface area contributed by atoms with Gasteiger partial charge in [-0.2, -0.15) is 4.57 Å². The normalized spacial score (nSPS) is 10.7. The second kappa shape index (κ2) is 6.44. The molecule has 0 bridgehead atoms. The number of H-pyrrole nitrogens is 1. The minimum atomic E-state index is -0.299. The van der Waals surface area contributed by atoms with Gasteiger partial charge in [0.1, 0.15) is 0 Å². The first-order valence-electron chi connectivity index (χ1n) is 7.44. The molecule has 0 aliphatic carbocycles. The van der Waals surface area contributed by atoms with E-state index in [-0.39, 0.29) is 18.3 Å². The summed E-state index contributed by atoms with van der Waals surface area (Å²) < 4.78 is 6.58. The largest absolute Gasteiger partial charge is 0.461 e. The minimum absolute atomic E-state index is 0.0792. The first-order chi connectivity index (χ1) is 11.2. The zero-order valence-corrected chi connectivity index (χ0v) is 12.8. The van der Waals surface area contributed by atoms with E-state index in [0.29, 0.717) is 17.9 Å². The number of esters is 1. The zero-order chi connectivity index (χ0) is 16.2. The Balaban J connectivity index is 1.78. The predicted octanol–water partition coefficient (Wildman–Crippen LogP) is 2.25. The van der Waals surface area contributed by atoms with E-state index in [1.807, 2.05) is 30.3 Å². The number of aromatic nitrogens is 2. The second-order valence-corrected chi connectivity index (χ2v) is 5.16. The highest BCUT2D eigenvalue weighted by molar-refractivity contribution is 6.09. The Morgan fingerprint density at radius 1 is 1.13 bits per heavy atom. The number of ether oxygens (including phenoxy) is 1. The van der Waals surface area contributed by atoms with Gasteiger partial charge in [-0.25, -0.2) is 4.79 Å². The van der Waals surface area contributed by atoms with Gasteiger partial charge in [0.05, 0.1) is 12.3 Å². The quantitative estimate of drug-likeness (QED) is 0.447. The van der Waals surface area contributed by atoms with Crippen LogP contribution in [0.15, 0.2) is 54.9 Å². The first-order valence-corrected chi connectivity index (χ1v) is 7.44. The molecule has 3 rings (SSSR count). The molecule has 1 N–H and O–H groups in total. The highest BCUT2D eigenvalue weighted by Gasteiger charge is 2.15. The number of benzene rings is 1. The summed E-state index contributed by atoms with van der Waals surface area (Å²) in [5, 5.41) is 1.00. The number of ketones is 1. The lowest BCUT2D eigenvalue weighted by molar-refractivity contribution is -0.686. The van der Waals surface area contributed by atoms with Crippen molar-refractivity contribution in [1.82, 2.24) is 4.98 Å². The van der Waals surface area contributed by atoms with E-state index in [1.54, 1.807) is 36.0 Å². The number of nitrogens with one attached hydrogen (secondary N) is 1. The molecule has 0 spiro atoms. The predicted molar refractivity (Wildman–Crippen MR) is 85.0 cm³/mol. The minimum Gasteiger partial charge on any atom is -0.461 e. The van der Waals surface area contributed by atoms with Crippen molar-refractivity contribution >= 4 is 22.7 Å². The van der Waals surface area contributed by atoms with Crippen LogP contribution in [0.2, 0.25) is 0 Å². The van der Waals surface area contributed by atoms with Crippen molar-refractivity contribution in [1.29, 1.82) is 0 Å². The van der Waals surface area contributed by atoms with Crippen LogP contribution in [0.4, 0.5) is 0 Å². The fourth-order valence-electron chi connectivity index (χ4n) is 2.42. The molecule has 0 radical (unpaired) electrons. The summed E-state index contributed by atoms with van der Waals surface area (Å²) in [5.41, 5.74) is 2.05. The van der Waals surface area contributed by atoms with Crippen LogP contribution in [0.25, 0.3) is 10.9 Å². The first kappa shape index (κ1) is 15.0. The van der Waals surface area contributed by atoms with E-state index in [0.717, 1.165) is 10.9 Å². The molecule has 0 unspecified atom stereocenters. The number of carbonyl (C=O) groups is 2. The molecule has 0 saturated carbocycles. The Morgan fingerprint density at radius 3 is 2.57 bits per heavy atom. The number of pyridine rings is 1. The molecule has 2 aromatic heterocycles. The van der Waals surface area contributed by atoms with Crippen LogP contribution in [-0.2, 0) is 16.1 Å². The highest BCUT2D eigenvalue weighted by atomic mass is 16.5. The SMILES string of the molecule is CCOC(=O)C[n+]1ccc(C(=O)c2cc3ccccc3[nH]2)cc1. The number of para-hydroxylation sites is 1. The van der Waals surface area contributed by atoms with Crippen LogP contribution in [-0.4, -0.2) is 23.3 Å². The molecule has 0 aliphatic heterocycles. The van der Waals surface area contributed by atoms with Crippen LogP contribution in [0.5, 0.6) is 0 Å². The van der Waals surface area contributed by atoms with Crippen molar-refractivity contribution in [2.45, 2.75) is 13.5 Å². The Kier molecular flexibility index (Phi) is 4.19. The monoisotopic (exact) mass is 309 g/mol. The van der Waals surface area contributed by atoms with E-state index in [1.165, 1.54) is 0 Å². The summed E-state index contributed by atoms with van der Waals surface area (Å²) in [5.74, 6) is -0.378. The summed E-state index contributed by atoms with van der Waals surface area (Å²) in [4.78, 5) is 27.1. The van der Waals surface area contributed by atoms with Crippen molar-refractivity contribution < 1.29 is 18.9 Å². The topological polar surface area (TPSA) is 63.0 Å². The van der Waals surface area contributed by atoms with Gasteiger partial charge in [0, 0.05) is 28.6 Å². The summed E-state index contributed by atoms with van der Waals surface area (Å²) in [7, 11) is 0. The lowest BCUT2D eigenvalue weighted by Gasteiger charge is -2.00. The van der Waals surface area contributed by atoms with Crippen molar-refractivity contribution in [2.75, 3.05) is 6.61 Å². The lowest BCUT2D eigenvalue weighted by Crippen LogP contribution is -2.38. The number of nitrogens with zero attached hydrogens (tertiary/aromatic N) is 1. The maximum Gasteiger partial charge on any atom is 0.372 e. The average Bonchev–Trinajstić information content (AvgIpc) is 2.99. The van der Waals surface area contributed by atoms with Crippen molar-refractivity contribution in [3.05, 3.63) is 66.1 Å². The lowest BCUT2D eigenvalue weighted by atomic mass is 10.1. The summed E-state index contributed by atoms with van der Waals surface area (Å²) in [6, 6.07) is 13.0. The summed E-state index contributed by atoms with van der Waals surface area (Å²) in [6.07, 6.45) is 3.40. The molecule has 0 saturated heterocycles. The molecule has 2 heterocycles. The second-order valence-electron chi connectivity index (χ2n) is 5.16. The Bertz CT molecular complexity index is 817. The van der Waals surface area contributed by atoms with E-state index in [2.05, 4.69) is 4.98 Å². The molecule has 3 aromatic rings. The molecular formula is C18H17N2O3+. The van der Waals surface area contributed by atoms with Crippen LogP contribution in [0, 0.1) is 0 Å². The highest BCUT2D eigenvalue weighted by Crippen LogP contribution is 2.17. The Hall–Kier alpha value is -2.95. The third-order valence-electron chi connectivity index (χ3n) is 3.54. The molecule has 116 valence electrons. The van der Waals surface area contributed by atoms with Gasteiger partial charge in [0.2, 0.25) is 12.3 Å². The standard InChI is InChI=1S/C18H16N2O3/c1-2-23-17(21)12-20-9-7-13(8-10-20)18(22)16-11-14-5-3-4-6-15(14)19-16/h3-11H,2,12H2,1H3/p+1. The van der Waals surface area contributed by atoms with Gasteiger partial charge >= 0.3 is 5.97 Å². The number of hydrogen-bond acceptors (Lipinski definition) is 3. The third kappa shape index (κ3) is 3.29. The molecule has 23 heavy (non-hydrogen) atoms. The van der Waals surface area contributed by atoms with E-state index in [9.17, 15) is 9.59 Å². The number of aromatic amines is 1. The molecule has 0 aliphatic rings. The number of rotatable bonds is 5.